The Morgan fingerprint density at radius 3 is 2.62 bits per heavy atom. The third kappa shape index (κ3) is 6.60. The standard InChI is InChI=1S/C32H30FN7O6S/c1-16-10-21(28(41)36-14-19-11-18-13-34-23(12-22(18)47-19)38-31(44)45-32(2,3)4)40-27(16)35-15-20(30(40)43)37-29(42)26-24(33)25(39-46-26)17-8-6-5-7-9-17/h5-9,11-13,15-16,21H,10,14H2,1-4H3,(H,36,41)(H,37,42)(H,34,38,44)/t16-,21+/m1/s1. The maximum atomic E-state index is 15.0. The van der Waals surface area contributed by atoms with E-state index in [1.807, 2.05) is 13.0 Å². The minimum atomic E-state index is -1.02. The predicted octanol–water partition coefficient (Wildman–Crippen LogP) is 5.61. The Hall–Kier alpha value is -5.44. The Kier molecular flexibility index (Phi) is 8.32. The maximum absolute atomic E-state index is 15.0. The third-order valence-corrected chi connectivity index (χ3v) is 8.41. The van der Waals surface area contributed by atoms with Crippen molar-refractivity contribution in [1.29, 1.82) is 0 Å². The van der Waals surface area contributed by atoms with Gasteiger partial charge in [-0.25, -0.2) is 14.8 Å². The summed E-state index contributed by atoms with van der Waals surface area (Å²) in [5, 5.41) is 12.4. The smallest absolute Gasteiger partial charge is 0.413 e. The van der Waals surface area contributed by atoms with Gasteiger partial charge in [-0.15, -0.1) is 11.3 Å². The van der Waals surface area contributed by atoms with Crippen LogP contribution in [0.25, 0.3) is 21.3 Å². The van der Waals surface area contributed by atoms with Gasteiger partial charge in [-0.1, -0.05) is 42.4 Å². The van der Waals surface area contributed by atoms with Crippen LogP contribution in [-0.2, 0) is 16.1 Å². The van der Waals surface area contributed by atoms with Crippen molar-refractivity contribution < 1.29 is 28.0 Å². The van der Waals surface area contributed by atoms with E-state index in [0.29, 0.717) is 23.6 Å². The van der Waals surface area contributed by atoms with Crippen LogP contribution < -0.4 is 21.5 Å². The molecule has 5 heterocycles. The van der Waals surface area contributed by atoms with Crippen LogP contribution in [0.1, 0.15) is 67.3 Å². The Labute approximate surface area is 271 Å². The summed E-state index contributed by atoms with van der Waals surface area (Å²) in [7, 11) is 0. The molecule has 0 saturated carbocycles. The van der Waals surface area contributed by atoms with Crippen LogP contribution in [-0.4, -0.2) is 43.2 Å². The minimum Gasteiger partial charge on any atom is -0.444 e. The highest BCUT2D eigenvalue weighted by atomic mass is 32.1. The van der Waals surface area contributed by atoms with Crippen LogP contribution in [0, 0.1) is 5.82 Å². The highest BCUT2D eigenvalue weighted by Crippen LogP contribution is 2.34. The Balaban J connectivity index is 1.15. The second kappa shape index (κ2) is 12.4. The van der Waals surface area contributed by atoms with Gasteiger partial charge in [0.1, 0.15) is 29.0 Å². The number of thiophene rings is 1. The summed E-state index contributed by atoms with van der Waals surface area (Å²) in [6.07, 6.45) is 2.51. The van der Waals surface area contributed by atoms with Crippen molar-refractivity contribution in [2.24, 2.45) is 0 Å². The molecule has 0 bridgehead atoms. The number of ether oxygens (including phenoxy) is 1. The highest BCUT2D eigenvalue weighted by Gasteiger charge is 2.36. The molecule has 1 aliphatic heterocycles. The van der Waals surface area contributed by atoms with Crippen LogP contribution in [0.5, 0.6) is 0 Å². The van der Waals surface area contributed by atoms with Crippen molar-refractivity contribution in [3.8, 4) is 11.3 Å². The average Bonchev–Trinajstić information content (AvgIpc) is 3.71. The van der Waals surface area contributed by atoms with E-state index in [4.69, 9.17) is 9.26 Å². The molecule has 3 N–H and O–H groups in total. The number of halogens is 1. The number of amides is 3. The van der Waals surface area contributed by atoms with E-state index in [0.717, 1.165) is 15.0 Å². The molecule has 4 aromatic heterocycles. The lowest BCUT2D eigenvalue weighted by Crippen LogP contribution is -2.36. The first-order valence-corrected chi connectivity index (χ1v) is 15.5. The SMILES string of the molecule is C[C@@H]1C[C@@H](C(=O)NCc2cc3cnc(NC(=O)OC(C)(C)C)cc3s2)n2c1ncc(NC(=O)c1onc(-c3ccccc3)c1F)c2=O. The first-order valence-electron chi connectivity index (χ1n) is 14.7. The van der Waals surface area contributed by atoms with Crippen LogP contribution >= 0.6 is 11.3 Å². The molecule has 1 aliphatic rings. The summed E-state index contributed by atoms with van der Waals surface area (Å²) in [6.45, 7) is 7.33. The summed E-state index contributed by atoms with van der Waals surface area (Å²) in [5.74, 6) is -2.58. The van der Waals surface area contributed by atoms with Gasteiger partial charge in [0.25, 0.3) is 17.2 Å². The zero-order chi connectivity index (χ0) is 33.5. The molecule has 15 heteroatoms. The molecule has 6 rings (SSSR count). The second-order valence-electron chi connectivity index (χ2n) is 12.0. The van der Waals surface area contributed by atoms with E-state index < -0.39 is 46.7 Å². The normalized spacial score (nSPS) is 15.7. The van der Waals surface area contributed by atoms with Crippen molar-refractivity contribution in [2.45, 2.75) is 58.2 Å². The summed E-state index contributed by atoms with van der Waals surface area (Å²) in [5.41, 5.74) is -1.27. The Morgan fingerprint density at radius 2 is 1.87 bits per heavy atom. The monoisotopic (exact) mass is 659 g/mol. The largest absolute Gasteiger partial charge is 0.444 e. The van der Waals surface area contributed by atoms with Crippen LogP contribution in [0.15, 0.2) is 64.2 Å². The van der Waals surface area contributed by atoms with E-state index in [1.165, 1.54) is 22.1 Å². The van der Waals surface area contributed by atoms with Gasteiger partial charge in [0, 0.05) is 32.6 Å². The number of carbonyl (C=O) groups excluding carboxylic acids is 3. The van der Waals surface area contributed by atoms with Crippen LogP contribution in [0.3, 0.4) is 0 Å². The van der Waals surface area contributed by atoms with Crippen LogP contribution in [0.4, 0.5) is 20.7 Å². The molecule has 1 aromatic carbocycles. The molecular weight excluding hydrogens is 629 g/mol. The van der Waals surface area contributed by atoms with Crippen molar-refractivity contribution in [1.82, 2.24) is 25.0 Å². The molecule has 0 aliphatic carbocycles. The van der Waals surface area contributed by atoms with Gasteiger partial charge in [0.2, 0.25) is 11.7 Å². The van der Waals surface area contributed by atoms with Crippen molar-refractivity contribution >= 4 is 50.8 Å². The van der Waals surface area contributed by atoms with Gasteiger partial charge in [0.05, 0.1) is 12.7 Å². The van der Waals surface area contributed by atoms with Gasteiger partial charge in [-0.2, -0.15) is 4.39 Å². The van der Waals surface area contributed by atoms with Gasteiger partial charge < -0.3 is 19.9 Å². The topological polar surface area (TPSA) is 170 Å². The Bertz CT molecular complexity index is 2070. The third-order valence-electron chi connectivity index (χ3n) is 7.31. The van der Waals surface area contributed by atoms with Crippen molar-refractivity contribution in [2.75, 3.05) is 10.6 Å². The fourth-order valence-corrected chi connectivity index (χ4v) is 6.24. The molecule has 3 amide bonds. The predicted molar refractivity (Wildman–Crippen MR) is 172 cm³/mol. The summed E-state index contributed by atoms with van der Waals surface area (Å²) >= 11 is 1.41. The lowest BCUT2D eigenvalue weighted by atomic mass is 10.1. The zero-order valence-corrected chi connectivity index (χ0v) is 26.6. The van der Waals surface area contributed by atoms with Gasteiger partial charge >= 0.3 is 6.09 Å². The average molecular weight is 660 g/mol. The number of hydrogen-bond donors (Lipinski definition) is 3. The molecule has 0 radical (unpaired) electrons. The lowest BCUT2D eigenvalue weighted by molar-refractivity contribution is -0.124. The first-order chi connectivity index (χ1) is 22.4. The number of pyridine rings is 1. The summed E-state index contributed by atoms with van der Waals surface area (Å²) in [6, 6.07) is 11.1. The molecular formula is C32H30FN7O6S. The molecule has 242 valence electrons. The molecule has 0 spiro atoms. The van der Waals surface area contributed by atoms with Gasteiger partial charge in [0.15, 0.2) is 5.69 Å². The fourth-order valence-electron chi connectivity index (χ4n) is 5.22. The number of anilines is 2. The number of nitrogens with zero attached hydrogens (tertiary/aromatic N) is 4. The zero-order valence-electron chi connectivity index (χ0n) is 25.8. The minimum absolute atomic E-state index is 0.141. The maximum Gasteiger partial charge on any atom is 0.413 e. The van der Waals surface area contributed by atoms with E-state index in [-0.39, 0.29) is 23.8 Å². The molecule has 5 aromatic rings. The number of rotatable bonds is 7. The fraction of sp³-hybridized carbons (Fsp3) is 0.281. The van der Waals surface area contributed by atoms with Crippen molar-refractivity contribution in [3.05, 3.63) is 87.5 Å². The molecule has 13 nitrogen and oxygen atoms in total. The van der Waals surface area contributed by atoms with E-state index >= 15 is 4.39 Å². The lowest BCUT2D eigenvalue weighted by Gasteiger charge is -2.19. The van der Waals surface area contributed by atoms with Crippen molar-refractivity contribution in [3.63, 3.8) is 0 Å². The number of nitrogens with one attached hydrogen (secondary N) is 3. The molecule has 47 heavy (non-hydrogen) atoms. The number of benzene rings is 1. The van der Waals surface area contributed by atoms with Gasteiger partial charge in [-0.05, 0) is 39.3 Å². The summed E-state index contributed by atoms with van der Waals surface area (Å²) in [4.78, 5) is 61.4. The molecule has 0 saturated heterocycles. The highest BCUT2D eigenvalue weighted by molar-refractivity contribution is 7.19. The van der Waals surface area contributed by atoms with E-state index in [1.54, 1.807) is 63.4 Å². The number of carbonyl (C=O) groups is 3. The quantitative estimate of drug-likeness (QED) is 0.201. The Morgan fingerprint density at radius 1 is 1.11 bits per heavy atom. The van der Waals surface area contributed by atoms with E-state index in [9.17, 15) is 19.2 Å². The number of hydrogen-bond acceptors (Lipinski definition) is 10. The number of aromatic nitrogens is 4. The van der Waals surface area contributed by atoms with Crippen LogP contribution in [0.2, 0.25) is 0 Å². The molecule has 0 fully saturated rings. The molecule has 0 unspecified atom stereocenters. The first kappa shape index (κ1) is 31.5. The van der Waals surface area contributed by atoms with Gasteiger partial charge in [-0.3, -0.25) is 24.3 Å². The second-order valence-corrected chi connectivity index (χ2v) is 13.2. The number of fused-ring (bicyclic) bond motifs is 2. The summed E-state index contributed by atoms with van der Waals surface area (Å²) < 4.78 is 27.4. The molecule has 2 atom stereocenters. The van der Waals surface area contributed by atoms with E-state index in [2.05, 4.69) is 31.1 Å².